The van der Waals surface area contributed by atoms with Gasteiger partial charge in [0.25, 0.3) is 0 Å². The SMILES string of the molecule is CC1CCN(c2cnnc(Nc3ccc(N4CCCC4)cc3)n2)CC1. The predicted octanol–water partition coefficient (Wildman–Crippen LogP) is 3.45. The second kappa shape index (κ2) is 7.25. The summed E-state index contributed by atoms with van der Waals surface area (Å²) >= 11 is 0. The minimum atomic E-state index is 0.560. The van der Waals surface area contributed by atoms with Gasteiger partial charge in [-0.15, -0.1) is 5.10 Å². The Balaban J connectivity index is 1.43. The van der Waals surface area contributed by atoms with Crippen LogP contribution in [0.3, 0.4) is 0 Å². The predicted molar refractivity (Wildman–Crippen MR) is 102 cm³/mol. The second-order valence-corrected chi connectivity index (χ2v) is 7.17. The van der Waals surface area contributed by atoms with Crippen LogP contribution < -0.4 is 15.1 Å². The number of nitrogens with one attached hydrogen (secondary N) is 1. The Morgan fingerprint density at radius 1 is 0.960 bits per heavy atom. The lowest BCUT2D eigenvalue weighted by molar-refractivity contribution is 0.436. The summed E-state index contributed by atoms with van der Waals surface area (Å²) in [4.78, 5) is 9.38. The molecule has 3 heterocycles. The molecule has 0 atom stereocenters. The van der Waals surface area contributed by atoms with Gasteiger partial charge >= 0.3 is 0 Å². The first kappa shape index (κ1) is 16.1. The van der Waals surface area contributed by atoms with Gasteiger partial charge in [0.05, 0.1) is 6.20 Å². The van der Waals surface area contributed by atoms with E-state index in [4.69, 9.17) is 0 Å². The largest absolute Gasteiger partial charge is 0.372 e. The van der Waals surface area contributed by atoms with Gasteiger partial charge in [-0.1, -0.05) is 6.92 Å². The molecule has 25 heavy (non-hydrogen) atoms. The molecule has 2 saturated heterocycles. The highest BCUT2D eigenvalue weighted by atomic mass is 15.3. The topological polar surface area (TPSA) is 57.2 Å². The molecule has 1 aromatic carbocycles. The van der Waals surface area contributed by atoms with Gasteiger partial charge in [0.15, 0.2) is 5.82 Å². The Hall–Kier alpha value is -2.37. The first-order valence-corrected chi connectivity index (χ1v) is 9.35. The van der Waals surface area contributed by atoms with Crippen molar-refractivity contribution in [2.45, 2.75) is 32.6 Å². The van der Waals surface area contributed by atoms with Crippen molar-refractivity contribution in [3.05, 3.63) is 30.5 Å². The highest BCUT2D eigenvalue weighted by Gasteiger charge is 2.18. The third-order valence-electron chi connectivity index (χ3n) is 5.25. The molecule has 4 rings (SSSR count). The molecule has 132 valence electrons. The van der Waals surface area contributed by atoms with E-state index in [0.717, 1.165) is 43.6 Å². The van der Waals surface area contributed by atoms with Gasteiger partial charge in [-0.25, -0.2) is 0 Å². The fourth-order valence-electron chi connectivity index (χ4n) is 3.60. The minimum Gasteiger partial charge on any atom is -0.372 e. The number of aromatic nitrogens is 3. The van der Waals surface area contributed by atoms with E-state index in [0.29, 0.717) is 5.95 Å². The Morgan fingerprint density at radius 3 is 2.40 bits per heavy atom. The van der Waals surface area contributed by atoms with Crippen molar-refractivity contribution in [2.24, 2.45) is 5.92 Å². The summed E-state index contributed by atoms with van der Waals surface area (Å²) < 4.78 is 0. The zero-order chi connectivity index (χ0) is 17.1. The first-order valence-electron chi connectivity index (χ1n) is 9.35. The highest BCUT2D eigenvalue weighted by molar-refractivity contribution is 5.60. The molecule has 1 aromatic heterocycles. The van der Waals surface area contributed by atoms with E-state index in [2.05, 4.69) is 61.5 Å². The van der Waals surface area contributed by atoms with Crippen LogP contribution in [0.1, 0.15) is 32.6 Å². The second-order valence-electron chi connectivity index (χ2n) is 7.17. The summed E-state index contributed by atoms with van der Waals surface area (Å²) in [5.41, 5.74) is 2.28. The van der Waals surface area contributed by atoms with E-state index in [1.165, 1.54) is 31.4 Å². The average molecular weight is 338 g/mol. The molecule has 2 aliphatic heterocycles. The van der Waals surface area contributed by atoms with Crippen LogP contribution in [0, 0.1) is 5.92 Å². The summed E-state index contributed by atoms with van der Waals surface area (Å²) in [5, 5.41) is 11.5. The van der Waals surface area contributed by atoms with E-state index in [-0.39, 0.29) is 0 Å². The van der Waals surface area contributed by atoms with Gasteiger partial charge in [0.1, 0.15) is 0 Å². The Labute approximate surface area is 149 Å². The van der Waals surface area contributed by atoms with Gasteiger partial charge in [-0.05, 0) is 55.9 Å². The molecule has 2 aromatic rings. The smallest absolute Gasteiger partial charge is 0.249 e. The Morgan fingerprint density at radius 2 is 1.68 bits per heavy atom. The lowest BCUT2D eigenvalue weighted by Crippen LogP contribution is -2.33. The number of hydrogen-bond donors (Lipinski definition) is 1. The molecule has 1 N–H and O–H groups in total. The van der Waals surface area contributed by atoms with Gasteiger partial charge < -0.3 is 15.1 Å². The quantitative estimate of drug-likeness (QED) is 0.921. The number of anilines is 4. The monoisotopic (exact) mass is 338 g/mol. The maximum atomic E-state index is 4.65. The first-order chi connectivity index (χ1) is 12.3. The maximum Gasteiger partial charge on any atom is 0.249 e. The Bertz CT molecular complexity index is 687. The van der Waals surface area contributed by atoms with Crippen molar-refractivity contribution in [2.75, 3.05) is 41.3 Å². The third kappa shape index (κ3) is 3.83. The molecule has 6 nitrogen and oxygen atoms in total. The molecule has 0 bridgehead atoms. The molecule has 0 amide bonds. The number of rotatable bonds is 4. The molecule has 2 fully saturated rings. The van der Waals surface area contributed by atoms with E-state index in [1.807, 2.05) is 0 Å². The molecule has 0 spiro atoms. The molecule has 0 unspecified atom stereocenters. The Kier molecular flexibility index (Phi) is 4.68. The van der Waals surface area contributed by atoms with E-state index in [9.17, 15) is 0 Å². The van der Waals surface area contributed by atoms with Gasteiger partial charge in [-0.3, -0.25) is 0 Å². The fraction of sp³-hybridized carbons (Fsp3) is 0.526. The van der Waals surface area contributed by atoms with E-state index < -0.39 is 0 Å². The third-order valence-corrected chi connectivity index (χ3v) is 5.25. The average Bonchev–Trinajstić information content (AvgIpc) is 3.18. The van der Waals surface area contributed by atoms with E-state index in [1.54, 1.807) is 6.20 Å². The van der Waals surface area contributed by atoms with Crippen molar-refractivity contribution < 1.29 is 0 Å². The van der Waals surface area contributed by atoms with Crippen molar-refractivity contribution in [1.29, 1.82) is 0 Å². The minimum absolute atomic E-state index is 0.560. The lowest BCUT2D eigenvalue weighted by Gasteiger charge is -2.30. The normalized spacial score (nSPS) is 18.6. The summed E-state index contributed by atoms with van der Waals surface area (Å²) in [6, 6.07) is 8.51. The van der Waals surface area contributed by atoms with Crippen molar-refractivity contribution >= 4 is 23.1 Å². The molecular weight excluding hydrogens is 312 g/mol. The van der Waals surface area contributed by atoms with Crippen molar-refractivity contribution in [3.63, 3.8) is 0 Å². The molecular formula is C19H26N6. The van der Waals surface area contributed by atoms with E-state index >= 15 is 0 Å². The van der Waals surface area contributed by atoms with Crippen LogP contribution in [0.4, 0.5) is 23.1 Å². The highest BCUT2D eigenvalue weighted by Crippen LogP contribution is 2.24. The van der Waals surface area contributed by atoms with Crippen LogP contribution in [0.2, 0.25) is 0 Å². The molecule has 6 heteroatoms. The number of hydrogen-bond acceptors (Lipinski definition) is 6. The van der Waals surface area contributed by atoms with Crippen LogP contribution in [-0.2, 0) is 0 Å². The molecule has 0 radical (unpaired) electrons. The summed E-state index contributed by atoms with van der Waals surface area (Å²) in [6.07, 6.45) is 6.77. The van der Waals surface area contributed by atoms with Crippen LogP contribution in [0.15, 0.2) is 30.5 Å². The van der Waals surface area contributed by atoms with Gasteiger partial charge in [-0.2, -0.15) is 10.1 Å². The van der Waals surface area contributed by atoms with Crippen molar-refractivity contribution in [1.82, 2.24) is 15.2 Å². The number of nitrogens with zero attached hydrogens (tertiary/aromatic N) is 5. The van der Waals surface area contributed by atoms with Gasteiger partial charge in [0.2, 0.25) is 5.95 Å². The summed E-state index contributed by atoms with van der Waals surface area (Å²) in [7, 11) is 0. The number of piperidine rings is 1. The lowest BCUT2D eigenvalue weighted by atomic mass is 9.99. The van der Waals surface area contributed by atoms with Crippen LogP contribution in [-0.4, -0.2) is 41.4 Å². The molecule has 0 aliphatic carbocycles. The zero-order valence-electron chi connectivity index (χ0n) is 14.9. The van der Waals surface area contributed by atoms with Gasteiger partial charge in [0, 0.05) is 37.6 Å². The number of benzene rings is 1. The molecule has 2 aliphatic rings. The van der Waals surface area contributed by atoms with Crippen LogP contribution >= 0.6 is 0 Å². The summed E-state index contributed by atoms with van der Waals surface area (Å²) in [6.45, 7) is 6.73. The van der Waals surface area contributed by atoms with Crippen LogP contribution in [0.25, 0.3) is 0 Å². The zero-order valence-corrected chi connectivity index (χ0v) is 14.9. The maximum absolute atomic E-state index is 4.65. The van der Waals surface area contributed by atoms with Crippen LogP contribution in [0.5, 0.6) is 0 Å². The van der Waals surface area contributed by atoms with Crippen molar-refractivity contribution in [3.8, 4) is 0 Å². The fourth-order valence-corrected chi connectivity index (χ4v) is 3.60. The summed E-state index contributed by atoms with van der Waals surface area (Å²) in [5.74, 6) is 2.28. The molecule has 0 saturated carbocycles. The standard InChI is InChI=1S/C19H26N6/c1-15-8-12-25(13-9-15)18-14-20-23-19(22-18)21-16-4-6-17(7-5-16)24-10-2-3-11-24/h4-7,14-15H,2-3,8-13H2,1H3,(H,21,22,23).